The van der Waals surface area contributed by atoms with Gasteiger partial charge in [-0.25, -0.2) is 4.79 Å². The van der Waals surface area contributed by atoms with Crippen LogP contribution in [0.2, 0.25) is 0 Å². The van der Waals surface area contributed by atoms with Gasteiger partial charge in [0.2, 0.25) is 0 Å². The maximum atomic E-state index is 12.2. The molecule has 11 nitrogen and oxygen atoms in total. The van der Waals surface area contributed by atoms with Gasteiger partial charge in [0.15, 0.2) is 0 Å². The van der Waals surface area contributed by atoms with E-state index in [1.54, 1.807) is 7.11 Å². The van der Waals surface area contributed by atoms with Crippen LogP contribution >= 0.6 is 0 Å². The van der Waals surface area contributed by atoms with Gasteiger partial charge in [-0.1, -0.05) is 18.2 Å². The van der Waals surface area contributed by atoms with Gasteiger partial charge in [0.1, 0.15) is 11.4 Å². The molecule has 0 unspecified atom stereocenters. The quantitative estimate of drug-likeness (QED) is 0.369. The number of nitrogens with one attached hydrogen (secondary N) is 1. The molecule has 0 saturated carbocycles. The summed E-state index contributed by atoms with van der Waals surface area (Å²) in [7, 11) is 2.75. The summed E-state index contributed by atoms with van der Waals surface area (Å²) in [6.45, 7) is 2.16. The molecule has 0 spiro atoms. The number of nitro groups is 2. The Bertz CT molecular complexity index is 1020. The van der Waals surface area contributed by atoms with Crippen LogP contribution in [0, 0.1) is 20.2 Å². The van der Waals surface area contributed by atoms with Crippen LogP contribution in [-0.2, 0) is 11.3 Å². The Morgan fingerprint density at radius 1 is 1.12 bits per heavy atom. The van der Waals surface area contributed by atoms with E-state index in [0.717, 1.165) is 43.6 Å². The highest BCUT2D eigenvalue weighted by molar-refractivity contribution is 5.99. The van der Waals surface area contributed by atoms with Crippen LogP contribution < -0.4 is 10.1 Å². The summed E-state index contributed by atoms with van der Waals surface area (Å²) in [6.07, 6.45) is 1.34. The minimum Gasteiger partial charge on any atom is -0.496 e. The van der Waals surface area contributed by atoms with Crippen molar-refractivity contribution in [2.75, 3.05) is 32.6 Å². The molecule has 0 amide bonds. The number of hydrogen-bond donors (Lipinski definition) is 1. The zero-order valence-electron chi connectivity index (χ0n) is 17.8. The van der Waals surface area contributed by atoms with Crippen molar-refractivity contribution in [3.05, 3.63) is 67.8 Å². The Labute approximate surface area is 184 Å². The first-order valence-corrected chi connectivity index (χ1v) is 10.00. The third kappa shape index (κ3) is 5.11. The number of rotatable bonds is 8. The van der Waals surface area contributed by atoms with Gasteiger partial charge in [-0.05, 0) is 18.9 Å². The maximum Gasteiger partial charge on any atom is 0.340 e. The molecule has 32 heavy (non-hydrogen) atoms. The largest absolute Gasteiger partial charge is 0.496 e. The molecule has 1 heterocycles. The van der Waals surface area contributed by atoms with Crippen LogP contribution in [0.3, 0.4) is 0 Å². The van der Waals surface area contributed by atoms with Gasteiger partial charge in [0, 0.05) is 37.3 Å². The number of carbonyl (C=O) groups excluding carboxylic acids is 1. The summed E-state index contributed by atoms with van der Waals surface area (Å²) in [5, 5.41) is 25.8. The van der Waals surface area contributed by atoms with E-state index in [1.807, 2.05) is 24.3 Å². The van der Waals surface area contributed by atoms with Crippen LogP contribution in [0.5, 0.6) is 5.75 Å². The van der Waals surface area contributed by atoms with Crippen molar-refractivity contribution in [1.29, 1.82) is 0 Å². The van der Waals surface area contributed by atoms with Gasteiger partial charge in [0.05, 0.1) is 35.7 Å². The van der Waals surface area contributed by atoms with Crippen LogP contribution in [0.15, 0.2) is 36.4 Å². The molecular formula is C21H24N4O7. The van der Waals surface area contributed by atoms with E-state index in [1.165, 1.54) is 0 Å². The Morgan fingerprint density at radius 2 is 1.81 bits per heavy atom. The Morgan fingerprint density at radius 3 is 2.41 bits per heavy atom. The topological polar surface area (TPSA) is 137 Å². The highest BCUT2D eigenvalue weighted by atomic mass is 16.6. The molecular weight excluding hydrogens is 420 g/mol. The fraction of sp³-hybridized carbons (Fsp3) is 0.381. The van der Waals surface area contributed by atoms with Gasteiger partial charge in [-0.15, -0.1) is 0 Å². The Hall–Kier alpha value is -3.73. The first-order chi connectivity index (χ1) is 15.3. The molecule has 1 aliphatic heterocycles. The summed E-state index contributed by atoms with van der Waals surface area (Å²) in [5.41, 5.74) is -0.300. The monoisotopic (exact) mass is 444 g/mol. The van der Waals surface area contributed by atoms with Crippen LogP contribution in [-0.4, -0.2) is 54.1 Å². The van der Waals surface area contributed by atoms with Crippen LogP contribution in [0.1, 0.15) is 28.8 Å². The van der Waals surface area contributed by atoms with Crippen molar-refractivity contribution < 1.29 is 24.1 Å². The number of carbonyl (C=O) groups is 1. The maximum absolute atomic E-state index is 12.2. The zero-order valence-corrected chi connectivity index (χ0v) is 17.8. The molecule has 1 aliphatic rings. The number of piperidine rings is 1. The second-order valence-corrected chi connectivity index (χ2v) is 7.40. The molecule has 1 N–H and O–H groups in total. The molecule has 170 valence electrons. The Kier molecular flexibility index (Phi) is 7.21. The SMILES string of the molecule is COC(=O)c1cc([N+](=O)[O-])cc([N+](=O)[O-])c1NC1CCN(Cc2ccccc2OC)CC1. The fourth-order valence-corrected chi connectivity index (χ4v) is 3.80. The smallest absolute Gasteiger partial charge is 0.340 e. The lowest BCUT2D eigenvalue weighted by atomic mass is 10.0. The molecule has 0 atom stereocenters. The molecule has 11 heteroatoms. The average molecular weight is 444 g/mol. The summed E-state index contributed by atoms with van der Waals surface area (Å²) in [4.78, 5) is 35.7. The van der Waals surface area contributed by atoms with Gasteiger partial charge < -0.3 is 14.8 Å². The molecule has 0 aromatic heterocycles. The van der Waals surface area contributed by atoms with E-state index >= 15 is 0 Å². The highest BCUT2D eigenvalue weighted by Crippen LogP contribution is 2.35. The number of methoxy groups -OCH3 is 2. The predicted octanol–water partition coefficient (Wildman–Crippen LogP) is 3.37. The third-order valence-electron chi connectivity index (χ3n) is 5.44. The molecule has 0 aliphatic carbocycles. The molecule has 0 bridgehead atoms. The van der Waals surface area contributed by atoms with Gasteiger partial charge in [-0.2, -0.15) is 0 Å². The van der Waals surface area contributed by atoms with E-state index < -0.39 is 27.2 Å². The van der Waals surface area contributed by atoms with Crippen molar-refractivity contribution >= 4 is 23.0 Å². The van der Waals surface area contributed by atoms with E-state index in [2.05, 4.69) is 10.2 Å². The van der Waals surface area contributed by atoms with E-state index in [9.17, 15) is 25.0 Å². The summed E-state index contributed by atoms with van der Waals surface area (Å²) >= 11 is 0. The first kappa shape index (κ1) is 22.9. The lowest BCUT2D eigenvalue weighted by Crippen LogP contribution is -2.39. The number of esters is 1. The van der Waals surface area contributed by atoms with Crippen molar-refractivity contribution in [1.82, 2.24) is 4.90 Å². The highest BCUT2D eigenvalue weighted by Gasteiger charge is 2.30. The number of anilines is 1. The zero-order chi connectivity index (χ0) is 23.3. The number of para-hydroxylation sites is 1. The van der Waals surface area contributed by atoms with Crippen molar-refractivity contribution in [3.63, 3.8) is 0 Å². The molecule has 2 aromatic rings. The second kappa shape index (κ2) is 10.1. The van der Waals surface area contributed by atoms with Crippen molar-refractivity contribution in [2.24, 2.45) is 0 Å². The van der Waals surface area contributed by atoms with Crippen molar-refractivity contribution in [2.45, 2.75) is 25.4 Å². The Balaban J connectivity index is 1.77. The third-order valence-corrected chi connectivity index (χ3v) is 5.44. The summed E-state index contributed by atoms with van der Waals surface area (Å²) in [5.74, 6) is -0.0649. The number of benzene rings is 2. The number of likely N-dealkylation sites (tertiary alicyclic amines) is 1. The van der Waals surface area contributed by atoms with E-state index in [4.69, 9.17) is 9.47 Å². The van der Waals surface area contributed by atoms with Gasteiger partial charge in [0.25, 0.3) is 11.4 Å². The number of nitrogens with zero attached hydrogens (tertiary/aromatic N) is 3. The molecule has 1 fully saturated rings. The average Bonchev–Trinajstić information content (AvgIpc) is 2.79. The summed E-state index contributed by atoms with van der Waals surface area (Å²) in [6, 6.07) is 9.48. The van der Waals surface area contributed by atoms with Crippen molar-refractivity contribution in [3.8, 4) is 5.75 Å². The standard InChI is InChI=1S/C21H24N4O7/c1-31-19-6-4-3-5-14(19)13-23-9-7-15(8-10-23)22-20-17(21(26)32-2)11-16(24(27)28)12-18(20)25(29)30/h3-6,11-12,15,22H,7-10,13H2,1-2H3. The number of hydrogen-bond acceptors (Lipinski definition) is 9. The minimum atomic E-state index is -0.882. The van der Waals surface area contributed by atoms with Crippen LogP contribution in [0.4, 0.5) is 17.1 Å². The number of nitro benzene ring substituents is 2. The fourth-order valence-electron chi connectivity index (χ4n) is 3.80. The lowest BCUT2D eigenvalue weighted by molar-refractivity contribution is -0.393. The van der Waals surface area contributed by atoms with E-state index in [0.29, 0.717) is 19.4 Å². The van der Waals surface area contributed by atoms with E-state index in [-0.39, 0.29) is 17.3 Å². The normalized spacial score (nSPS) is 14.6. The van der Waals surface area contributed by atoms with Gasteiger partial charge >= 0.3 is 5.97 Å². The number of non-ortho nitro benzene ring substituents is 1. The van der Waals surface area contributed by atoms with Gasteiger partial charge in [-0.3, -0.25) is 25.1 Å². The summed E-state index contributed by atoms with van der Waals surface area (Å²) < 4.78 is 10.1. The lowest BCUT2D eigenvalue weighted by Gasteiger charge is -2.33. The van der Waals surface area contributed by atoms with Crippen LogP contribution in [0.25, 0.3) is 0 Å². The molecule has 2 aromatic carbocycles. The predicted molar refractivity (Wildman–Crippen MR) is 116 cm³/mol. The minimum absolute atomic E-state index is 0.0596. The molecule has 3 rings (SSSR count). The molecule has 0 radical (unpaired) electrons. The first-order valence-electron chi connectivity index (χ1n) is 10.00. The second-order valence-electron chi connectivity index (χ2n) is 7.40. The molecule has 1 saturated heterocycles. The number of ether oxygens (including phenoxy) is 2.